The summed E-state index contributed by atoms with van der Waals surface area (Å²) in [5, 5.41) is 3.13. The number of nitrogens with one attached hydrogen (secondary N) is 1. The fourth-order valence-corrected chi connectivity index (χ4v) is 1.76. The first-order valence-electron chi connectivity index (χ1n) is 7.12. The van der Waals surface area contributed by atoms with Gasteiger partial charge in [0.15, 0.2) is 0 Å². The van der Waals surface area contributed by atoms with Gasteiger partial charge in [-0.3, -0.25) is 4.79 Å². The van der Waals surface area contributed by atoms with E-state index in [1.807, 2.05) is 13.8 Å². The van der Waals surface area contributed by atoms with E-state index in [1.165, 1.54) is 0 Å². The van der Waals surface area contributed by atoms with Gasteiger partial charge >= 0.3 is 0 Å². The zero-order valence-corrected chi connectivity index (χ0v) is 12.8. The lowest BCUT2D eigenvalue weighted by molar-refractivity contribution is -0.124. The molecule has 1 atom stereocenters. The third-order valence-corrected chi connectivity index (χ3v) is 2.90. The molecule has 114 valence electrons. The van der Waals surface area contributed by atoms with Crippen LogP contribution in [0.15, 0.2) is 0 Å². The molecule has 0 aliphatic carbocycles. The van der Waals surface area contributed by atoms with Crippen molar-refractivity contribution >= 4 is 5.91 Å². The van der Waals surface area contributed by atoms with E-state index in [4.69, 9.17) is 15.2 Å². The Kier molecular flexibility index (Phi) is 9.83. The molecule has 0 rings (SSSR count). The average Bonchev–Trinajstić information content (AvgIpc) is 2.32. The highest BCUT2D eigenvalue weighted by Gasteiger charge is 2.28. The van der Waals surface area contributed by atoms with E-state index in [1.54, 1.807) is 0 Å². The van der Waals surface area contributed by atoms with E-state index in [2.05, 4.69) is 19.2 Å². The molecule has 0 aromatic carbocycles. The summed E-state index contributed by atoms with van der Waals surface area (Å²) in [4.78, 5) is 11.4. The van der Waals surface area contributed by atoms with Crippen LogP contribution in [-0.2, 0) is 14.3 Å². The van der Waals surface area contributed by atoms with E-state index in [9.17, 15) is 4.79 Å². The molecule has 0 spiro atoms. The molecule has 3 N–H and O–H groups in total. The van der Waals surface area contributed by atoms with Gasteiger partial charge < -0.3 is 20.5 Å². The van der Waals surface area contributed by atoms with E-state index >= 15 is 0 Å². The van der Waals surface area contributed by atoms with Gasteiger partial charge in [0.2, 0.25) is 5.91 Å². The molecule has 1 amide bonds. The number of likely N-dealkylation sites (N-methyl/N-ethyl adjacent to an activating group) is 1. The van der Waals surface area contributed by atoms with E-state index in [0.29, 0.717) is 32.2 Å². The number of amides is 1. The van der Waals surface area contributed by atoms with Crippen LogP contribution < -0.4 is 11.1 Å². The number of carbonyl (C=O) groups is 1. The molecule has 19 heavy (non-hydrogen) atoms. The minimum absolute atomic E-state index is 0.311. The highest BCUT2D eigenvalue weighted by Crippen LogP contribution is 2.11. The van der Waals surface area contributed by atoms with Crippen molar-refractivity contribution in [2.45, 2.75) is 46.1 Å². The second kappa shape index (κ2) is 10.2. The fraction of sp³-hybridized carbons (Fsp3) is 0.929. The standard InChI is InChI=1S/C14H30N2O3/c1-5-16-14(4,13(15)17)7-6-8-18-9-10-19-11-12(2)3/h12,16H,5-11H2,1-4H3,(H2,15,17). The van der Waals surface area contributed by atoms with Crippen LogP contribution in [0, 0.1) is 5.92 Å². The molecule has 5 nitrogen and oxygen atoms in total. The summed E-state index contributed by atoms with van der Waals surface area (Å²) in [7, 11) is 0. The van der Waals surface area contributed by atoms with Crippen LogP contribution in [0.5, 0.6) is 0 Å². The van der Waals surface area contributed by atoms with Gasteiger partial charge in [-0.1, -0.05) is 20.8 Å². The van der Waals surface area contributed by atoms with Crippen LogP contribution >= 0.6 is 0 Å². The summed E-state index contributed by atoms with van der Waals surface area (Å²) in [6.07, 6.45) is 1.49. The van der Waals surface area contributed by atoms with Crippen molar-refractivity contribution in [3.05, 3.63) is 0 Å². The first kappa shape index (κ1) is 18.4. The first-order chi connectivity index (χ1) is 8.92. The van der Waals surface area contributed by atoms with Crippen LogP contribution in [-0.4, -0.2) is 44.4 Å². The minimum atomic E-state index is -0.633. The predicted molar refractivity (Wildman–Crippen MR) is 77.0 cm³/mol. The lowest BCUT2D eigenvalue weighted by Gasteiger charge is -2.26. The van der Waals surface area contributed by atoms with Crippen LogP contribution in [0.25, 0.3) is 0 Å². The second-order valence-corrected chi connectivity index (χ2v) is 5.41. The van der Waals surface area contributed by atoms with Crippen molar-refractivity contribution in [2.75, 3.05) is 33.0 Å². The monoisotopic (exact) mass is 274 g/mol. The molecule has 0 fully saturated rings. The Balaban J connectivity index is 3.59. The van der Waals surface area contributed by atoms with Gasteiger partial charge in [0.05, 0.1) is 18.8 Å². The molecule has 0 aromatic heterocycles. The van der Waals surface area contributed by atoms with Crippen LogP contribution in [0.3, 0.4) is 0 Å². The summed E-state index contributed by atoms with van der Waals surface area (Å²) >= 11 is 0. The summed E-state index contributed by atoms with van der Waals surface area (Å²) in [6.45, 7) is 11.4. The Hall–Kier alpha value is -0.650. The summed E-state index contributed by atoms with van der Waals surface area (Å²) in [5.74, 6) is 0.242. The quantitative estimate of drug-likeness (QED) is 0.526. The van der Waals surface area contributed by atoms with Gasteiger partial charge in [-0.05, 0) is 32.2 Å². The maximum Gasteiger partial charge on any atom is 0.237 e. The Bertz CT molecular complexity index is 247. The van der Waals surface area contributed by atoms with Gasteiger partial charge in [0.1, 0.15) is 0 Å². The van der Waals surface area contributed by atoms with Crippen LogP contribution in [0.4, 0.5) is 0 Å². The third kappa shape index (κ3) is 8.97. The van der Waals surface area contributed by atoms with Crippen molar-refractivity contribution in [3.63, 3.8) is 0 Å². The first-order valence-corrected chi connectivity index (χ1v) is 7.12. The van der Waals surface area contributed by atoms with Crippen molar-refractivity contribution in [3.8, 4) is 0 Å². The van der Waals surface area contributed by atoms with Crippen molar-refractivity contribution < 1.29 is 14.3 Å². The van der Waals surface area contributed by atoms with Crippen LogP contribution in [0.1, 0.15) is 40.5 Å². The number of rotatable bonds is 12. The topological polar surface area (TPSA) is 73.6 Å². The van der Waals surface area contributed by atoms with Gasteiger partial charge in [-0.15, -0.1) is 0 Å². The molecular formula is C14H30N2O3. The normalized spacial score (nSPS) is 14.6. The molecule has 5 heteroatoms. The molecule has 0 aromatic rings. The Morgan fingerprint density at radius 1 is 1.26 bits per heavy atom. The number of hydrogen-bond donors (Lipinski definition) is 2. The molecule has 0 aliphatic heterocycles. The molecular weight excluding hydrogens is 244 g/mol. The molecule has 0 heterocycles. The highest BCUT2D eigenvalue weighted by molar-refractivity contribution is 5.84. The maximum atomic E-state index is 11.4. The third-order valence-electron chi connectivity index (χ3n) is 2.90. The van der Waals surface area contributed by atoms with Crippen molar-refractivity contribution in [1.29, 1.82) is 0 Å². The van der Waals surface area contributed by atoms with Gasteiger partial charge in [-0.25, -0.2) is 0 Å². The summed E-state index contributed by atoms with van der Waals surface area (Å²) < 4.78 is 10.9. The summed E-state index contributed by atoms with van der Waals surface area (Å²) in [5.41, 5.74) is 4.77. The molecule has 0 saturated carbocycles. The molecule has 0 radical (unpaired) electrons. The lowest BCUT2D eigenvalue weighted by atomic mass is 9.95. The number of hydrogen-bond acceptors (Lipinski definition) is 4. The predicted octanol–water partition coefficient (Wildman–Crippen LogP) is 1.31. The lowest BCUT2D eigenvalue weighted by Crippen LogP contribution is -2.53. The van der Waals surface area contributed by atoms with Gasteiger partial charge in [0, 0.05) is 13.2 Å². The fourth-order valence-electron chi connectivity index (χ4n) is 1.76. The van der Waals surface area contributed by atoms with E-state index in [-0.39, 0.29) is 5.91 Å². The number of primary amides is 1. The zero-order chi connectivity index (χ0) is 14.7. The maximum absolute atomic E-state index is 11.4. The van der Waals surface area contributed by atoms with E-state index < -0.39 is 5.54 Å². The summed E-state index contributed by atoms with van der Waals surface area (Å²) in [6, 6.07) is 0. The highest BCUT2D eigenvalue weighted by atomic mass is 16.5. The Labute approximate surface area is 117 Å². The average molecular weight is 274 g/mol. The Morgan fingerprint density at radius 2 is 1.89 bits per heavy atom. The molecule has 1 unspecified atom stereocenters. The number of ether oxygens (including phenoxy) is 2. The minimum Gasteiger partial charge on any atom is -0.379 e. The van der Waals surface area contributed by atoms with Gasteiger partial charge in [0.25, 0.3) is 0 Å². The van der Waals surface area contributed by atoms with Crippen molar-refractivity contribution in [1.82, 2.24) is 5.32 Å². The Morgan fingerprint density at radius 3 is 2.42 bits per heavy atom. The molecule has 0 aliphatic rings. The van der Waals surface area contributed by atoms with Gasteiger partial charge in [-0.2, -0.15) is 0 Å². The SMILES string of the molecule is CCNC(C)(CCCOCCOCC(C)C)C(N)=O. The smallest absolute Gasteiger partial charge is 0.237 e. The molecule has 0 saturated heterocycles. The van der Waals surface area contributed by atoms with E-state index in [0.717, 1.165) is 19.6 Å². The largest absolute Gasteiger partial charge is 0.379 e. The number of nitrogens with two attached hydrogens (primary N) is 1. The second-order valence-electron chi connectivity index (χ2n) is 5.41. The molecule has 0 bridgehead atoms. The van der Waals surface area contributed by atoms with Crippen LogP contribution in [0.2, 0.25) is 0 Å². The zero-order valence-electron chi connectivity index (χ0n) is 12.8. The number of carbonyl (C=O) groups excluding carboxylic acids is 1. The van der Waals surface area contributed by atoms with Crippen molar-refractivity contribution in [2.24, 2.45) is 11.7 Å².